The summed E-state index contributed by atoms with van der Waals surface area (Å²) in [7, 11) is -3.29. The van der Waals surface area contributed by atoms with Gasteiger partial charge in [-0.2, -0.15) is 0 Å². The van der Waals surface area contributed by atoms with E-state index in [0.717, 1.165) is 0 Å². The summed E-state index contributed by atoms with van der Waals surface area (Å²) in [5.41, 5.74) is 0.433. The lowest BCUT2D eigenvalue weighted by Gasteiger charge is -2.06. The van der Waals surface area contributed by atoms with Gasteiger partial charge in [-0.25, -0.2) is 13.2 Å². The minimum Gasteiger partial charge on any atom is -0.423 e. The quantitative estimate of drug-likeness (QED) is 0.503. The summed E-state index contributed by atoms with van der Waals surface area (Å²) in [6, 6.07) is 6.11. The fraction of sp³-hybridized carbons (Fsp3) is 0.250. The van der Waals surface area contributed by atoms with Gasteiger partial charge in [0.2, 0.25) is 10.0 Å². The van der Waals surface area contributed by atoms with Crippen LogP contribution in [0.3, 0.4) is 0 Å². The van der Waals surface area contributed by atoms with Crippen molar-refractivity contribution in [1.29, 1.82) is 0 Å². The number of esters is 1. The van der Waals surface area contributed by atoms with Crippen LogP contribution in [0.2, 0.25) is 0 Å². The number of carbonyl (C=O) groups is 1. The highest BCUT2D eigenvalue weighted by Crippen LogP contribution is 2.17. The number of rotatable bonds is 5. The topological polar surface area (TPSA) is 72.5 Å². The number of nitrogens with one attached hydrogen (secondary N) is 1. The summed E-state index contributed by atoms with van der Waals surface area (Å²) in [6.45, 7) is 3.26. The van der Waals surface area contributed by atoms with Gasteiger partial charge in [-0.15, -0.1) is 0 Å². The van der Waals surface area contributed by atoms with Gasteiger partial charge in [-0.1, -0.05) is 6.08 Å². The number of carbonyl (C=O) groups excluding carboxylic acids is 1. The SMILES string of the molecule is CC=CC(=O)Oc1ccc(NS(=O)(=O)CC)cc1. The average molecular weight is 269 g/mol. The molecule has 0 aliphatic heterocycles. The summed E-state index contributed by atoms with van der Waals surface area (Å²) in [4.78, 5) is 11.2. The molecule has 0 amide bonds. The van der Waals surface area contributed by atoms with Crippen LogP contribution in [-0.2, 0) is 14.8 Å². The fourth-order valence-electron chi connectivity index (χ4n) is 1.13. The zero-order valence-electron chi connectivity index (χ0n) is 10.2. The van der Waals surface area contributed by atoms with Crippen LogP contribution in [0, 0.1) is 0 Å². The molecule has 98 valence electrons. The molecule has 0 heterocycles. The molecule has 0 radical (unpaired) electrons. The van der Waals surface area contributed by atoms with Crippen LogP contribution < -0.4 is 9.46 Å². The van der Waals surface area contributed by atoms with E-state index in [4.69, 9.17) is 4.74 Å². The molecule has 5 nitrogen and oxygen atoms in total. The summed E-state index contributed by atoms with van der Waals surface area (Å²) >= 11 is 0. The number of sulfonamides is 1. The molecule has 0 saturated heterocycles. The predicted molar refractivity (Wildman–Crippen MR) is 70.0 cm³/mol. The molecule has 0 atom stereocenters. The molecule has 0 aromatic heterocycles. The molecule has 0 aliphatic carbocycles. The Morgan fingerprint density at radius 1 is 1.33 bits per heavy atom. The van der Waals surface area contributed by atoms with Crippen LogP contribution in [0.4, 0.5) is 5.69 Å². The van der Waals surface area contributed by atoms with Crippen molar-refractivity contribution in [1.82, 2.24) is 0 Å². The fourth-order valence-corrected chi connectivity index (χ4v) is 1.77. The van der Waals surface area contributed by atoms with Gasteiger partial charge in [0.15, 0.2) is 0 Å². The van der Waals surface area contributed by atoms with E-state index >= 15 is 0 Å². The first-order valence-corrected chi connectivity index (χ1v) is 7.07. The van der Waals surface area contributed by atoms with Crippen molar-refractivity contribution in [2.24, 2.45) is 0 Å². The molecular formula is C12H15NO4S. The van der Waals surface area contributed by atoms with E-state index in [-0.39, 0.29) is 5.75 Å². The number of anilines is 1. The van der Waals surface area contributed by atoms with E-state index in [9.17, 15) is 13.2 Å². The molecule has 1 aromatic rings. The van der Waals surface area contributed by atoms with Crippen molar-refractivity contribution in [3.05, 3.63) is 36.4 Å². The Bertz CT molecular complexity index is 532. The third-order valence-electron chi connectivity index (χ3n) is 2.03. The Kier molecular flexibility index (Phi) is 4.91. The number of benzene rings is 1. The molecule has 0 aliphatic rings. The Morgan fingerprint density at radius 3 is 2.44 bits per heavy atom. The minimum atomic E-state index is -3.29. The van der Waals surface area contributed by atoms with E-state index in [0.29, 0.717) is 11.4 Å². The molecule has 1 aromatic carbocycles. The van der Waals surface area contributed by atoms with Gasteiger partial charge in [-0.3, -0.25) is 4.72 Å². The maximum Gasteiger partial charge on any atom is 0.335 e. The summed E-state index contributed by atoms with van der Waals surface area (Å²) in [6.07, 6.45) is 2.87. The van der Waals surface area contributed by atoms with Crippen LogP contribution in [0.5, 0.6) is 5.75 Å². The Morgan fingerprint density at radius 2 is 1.94 bits per heavy atom. The van der Waals surface area contributed by atoms with Crippen molar-refractivity contribution >= 4 is 21.7 Å². The van der Waals surface area contributed by atoms with Crippen LogP contribution in [0.25, 0.3) is 0 Å². The molecular weight excluding hydrogens is 254 g/mol. The Balaban J connectivity index is 2.72. The second-order valence-corrected chi connectivity index (χ2v) is 5.46. The Hall–Kier alpha value is -1.82. The highest BCUT2D eigenvalue weighted by atomic mass is 32.2. The molecule has 6 heteroatoms. The molecule has 0 saturated carbocycles. The lowest BCUT2D eigenvalue weighted by molar-refractivity contribution is -0.129. The van der Waals surface area contributed by atoms with Gasteiger partial charge >= 0.3 is 5.97 Å². The number of hydrogen-bond donors (Lipinski definition) is 1. The van der Waals surface area contributed by atoms with Crippen LogP contribution in [0.15, 0.2) is 36.4 Å². The molecule has 0 bridgehead atoms. The number of allylic oxidation sites excluding steroid dienone is 1. The second kappa shape index (κ2) is 6.20. The first-order chi connectivity index (χ1) is 8.46. The first-order valence-electron chi connectivity index (χ1n) is 5.42. The maximum absolute atomic E-state index is 11.3. The molecule has 1 N–H and O–H groups in total. The van der Waals surface area contributed by atoms with E-state index in [2.05, 4.69) is 4.72 Å². The minimum absolute atomic E-state index is 0.00499. The van der Waals surface area contributed by atoms with Gasteiger partial charge in [0.05, 0.1) is 5.75 Å². The van der Waals surface area contributed by atoms with E-state index < -0.39 is 16.0 Å². The molecule has 0 unspecified atom stereocenters. The van der Waals surface area contributed by atoms with Gasteiger partial charge in [0, 0.05) is 11.8 Å². The number of hydrogen-bond acceptors (Lipinski definition) is 4. The normalized spacial score (nSPS) is 11.4. The van der Waals surface area contributed by atoms with Crippen LogP contribution in [-0.4, -0.2) is 20.1 Å². The second-order valence-electron chi connectivity index (χ2n) is 3.45. The summed E-state index contributed by atoms with van der Waals surface area (Å²) in [5, 5.41) is 0. The lowest BCUT2D eigenvalue weighted by Crippen LogP contribution is -2.14. The van der Waals surface area contributed by atoms with Gasteiger partial charge in [-0.05, 0) is 38.1 Å². The van der Waals surface area contributed by atoms with Crippen molar-refractivity contribution in [3.8, 4) is 5.75 Å². The van der Waals surface area contributed by atoms with Gasteiger partial charge in [0.1, 0.15) is 5.75 Å². The van der Waals surface area contributed by atoms with Crippen molar-refractivity contribution < 1.29 is 17.9 Å². The van der Waals surface area contributed by atoms with Crippen molar-refractivity contribution in [2.75, 3.05) is 10.5 Å². The molecule has 0 fully saturated rings. The van der Waals surface area contributed by atoms with Gasteiger partial charge < -0.3 is 4.74 Å². The van der Waals surface area contributed by atoms with E-state index in [1.54, 1.807) is 19.9 Å². The predicted octanol–water partition coefficient (Wildman–Crippen LogP) is 1.93. The van der Waals surface area contributed by atoms with E-state index in [1.807, 2.05) is 0 Å². The maximum atomic E-state index is 11.3. The molecule has 1 rings (SSSR count). The Labute approximate surface area is 107 Å². The summed E-state index contributed by atoms with van der Waals surface area (Å²) < 4.78 is 30.0. The zero-order valence-corrected chi connectivity index (χ0v) is 11.0. The third-order valence-corrected chi connectivity index (χ3v) is 3.34. The largest absolute Gasteiger partial charge is 0.423 e. The smallest absolute Gasteiger partial charge is 0.335 e. The van der Waals surface area contributed by atoms with Crippen LogP contribution >= 0.6 is 0 Å². The number of ether oxygens (including phenoxy) is 1. The third kappa shape index (κ3) is 4.58. The summed E-state index contributed by atoms with van der Waals surface area (Å²) in [5.74, 6) is -0.109. The van der Waals surface area contributed by atoms with Gasteiger partial charge in [0.25, 0.3) is 0 Å². The highest BCUT2D eigenvalue weighted by molar-refractivity contribution is 7.92. The highest BCUT2D eigenvalue weighted by Gasteiger charge is 2.06. The standard InChI is InChI=1S/C12H15NO4S/c1-3-5-12(14)17-11-8-6-10(7-9-11)13-18(15,16)4-2/h3,5-9,13H,4H2,1-2H3. The lowest BCUT2D eigenvalue weighted by atomic mass is 10.3. The van der Waals surface area contributed by atoms with Crippen molar-refractivity contribution in [2.45, 2.75) is 13.8 Å². The molecule has 0 spiro atoms. The monoisotopic (exact) mass is 269 g/mol. The molecule has 18 heavy (non-hydrogen) atoms. The zero-order chi connectivity index (χ0) is 13.6. The average Bonchev–Trinajstić information content (AvgIpc) is 2.32. The first kappa shape index (κ1) is 14.2. The van der Waals surface area contributed by atoms with Crippen LogP contribution in [0.1, 0.15) is 13.8 Å². The van der Waals surface area contributed by atoms with Crippen molar-refractivity contribution in [3.63, 3.8) is 0 Å². The van der Waals surface area contributed by atoms with E-state index in [1.165, 1.54) is 30.3 Å².